The Morgan fingerprint density at radius 1 is 0.812 bits per heavy atom. The maximum absolute atomic E-state index is 13.2. The van der Waals surface area contributed by atoms with Gasteiger partial charge in [0.05, 0.1) is 5.56 Å². The van der Waals surface area contributed by atoms with Crippen molar-refractivity contribution in [1.29, 1.82) is 0 Å². The van der Waals surface area contributed by atoms with Crippen LogP contribution in [0.1, 0.15) is 23.6 Å². The van der Waals surface area contributed by atoms with Crippen LogP contribution < -0.4 is 9.22 Å². The number of ether oxygens (including phenoxy) is 1. The van der Waals surface area contributed by atoms with E-state index in [-0.39, 0.29) is 5.82 Å². The summed E-state index contributed by atoms with van der Waals surface area (Å²) in [6.45, 7) is 2.41. The van der Waals surface area contributed by atoms with Crippen LogP contribution in [0.15, 0.2) is 91.3 Å². The molecule has 0 aliphatic carbocycles. The molecule has 0 fully saturated rings. The van der Waals surface area contributed by atoms with Gasteiger partial charge in [-0.25, -0.2) is 8.87 Å². The second-order valence-electron chi connectivity index (χ2n) is 7.67. The Labute approximate surface area is 184 Å². The Morgan fingerprint density at radius 3 is 1.97 bits per heavy atom. The van der Waals surface area contributed by atoms with E-state index < -0.39 is 11.7 Å². The number of benzene rings is 3. The quantitative estimate of drug-likeness (QED) is 0.281. The van der Waals surface area contributed by atoms with E-state index in [1.807, 2.05) is 55.7 Å². The summed E-state index contributed by atoms with van der Waals surface area (Å²) in [5.41, 5.74) is 1.84. The predicted molar refractivity (Wildman–Crippen MR) is 118 cm³/mol. The molecule has 0 bridgehead atoms. The summed E-state index contributed by atoms with van der Waals surface area (Å²) >= 11 is 0. The van der Waals surface area contributed by atoms with Crippen molar-refractivity contribution in [2.45, 2.75) is 26.1 Å². The van der Waals surface area contributed by atoms with Gasteiger partial charge in [0.1, 0.15) is 41.9 Å². The minimum atomic E-state index is -4.37. The average molecular weight is 440 g/mol. The van der Waals surface area contributed by atoms with Crippen molar-refractivity contribution in [2.24, 2.45) is 0 Å². The minimum Gasteiger partial charge on any atom is -0.457 e. The minimum absolute atomic E-state index is 0.305. The van der Waals surface area contributed by atoms with Gasteiger partial charge in [-0.1, -0.05) is 6.92 Å². The fourth-order valence-corrected chi connectivity index (χ4v) is 3.86. The summed E-state index contributed by atoms with van der Waals surface area (Å²) in [5, 5.41) is 0. The van der Waals surface area contributed by atoms with Gasteiger partial charge in [0.25, 0.3) is 0 Å². The van der Waals surface area contributed by atoms with Crippen LogP contribution in [0.2, 0.25) is 0 Å². The lowest BCUT2D eigenvalue weighted by Gasteiger charge is -2.31. The highest BCUT2D eigenvalue weighted by molar-refractivity contribution is 5.58. The summed E-state index contributed by atoms with van der Waals surface area (Å²) in [7, 11) is 0. The van der Waals surface area contributed by atoms with Gasteiger partial charge >= 0.3 is 6.18 Å². The SMILES string of the molecule is CCc1cc(C(F)(F)F)ccc1[N+]1(Cc2ccc(Oc3ccc(F)cc3)cc2)C=CC=C1. The molecule has 0 atom stereocenters. The van der Waals surface area contributed by atoms with Crippen LogP contribution in [-0.4, -0.2) is 0 Å². The number of alkyl halides is 3. The third-order valence-electron chi connectivity index (χ3n) is 5.47. The largest absolute Gasteiger partial charge is 0.457 e. The van der Waals surface area contributed by atoms with E-state index in [4.69, 9.17) is 4.74 Å². The second kappa shape index (κ2) is 8.63. The van der Waals surface area contributed by atoms with Gasteiger partial charge in [-0.2, -0.15) is 13.2 Å². The van der Waals surface area contributed by atoms with E-state index in [1.54, 1.807) is 18.2 Å². The normalized spacial score (nSPS) is 14.7. The van der Waals surface area contributed by atoms with Crippen molar-refractivity contribution in [3.63, 3.8) is 0 Å². The highest BCUT2D eigenvalue weighted by atomic mass is 19.4. The van der Waals surface area contributed by atoms with Crippen molar-refractivity contribution in [3.05, 3.63) is 114 Å². The Hall–Kier alpha value is -3.38. The van der Waals surface area contributed by atoms with E-state index in [2.05, 4.69) is 0 Å². The molecule has 164 valence electrons. The number of aryl methyl sites for hydroxylation is 1. The van der Waals surface area contributed by atoms with Gasteiger partial charge in [0.15, 0.2) is 0 Å². The van der Waals surface area contributed by atoms with Crippen LogP contribution >= 0.6 is 0 Å². The van der Waals surface area contributed by atoms with Crippen molar-refractivity contribution in [2.75, 3.05) is 0 Å². The number of halogens is 4. The molecule has 6 heteroatoms. The van der Waals surface area contributed by atoms with Gasteiger partial charge in [-0.3, -0.25) is 0 Å². The molecule has 0 aromatic heterocycles. The maximum atomic E-state index is 13.2. The number of quaternary nitrogens is 1. The maximum Gasteiger partial charge on any atom is 0.416 e. The van der Waals surface area contributed by atoms with Crippen molar-refractivity contribution in [3.8, 4) is 11.5 Å². The van der Waals surface area contributed by atoms with E-state index in [0.29, 0.717) is 34.5 Å². The first-order chi connectivity index (χ1) is 15.3. The van der Waals surface area contributed by atoms with Crippen LogP contribution in [0.5, 0.6) is 11.5 Å². The van der Waals surface area contributed by atoms with Gasteiger partial charge in [-0.05, 0) is 79.2 Å². The molecular formula is C26H22F4NO+. The molecule has 0 saturated carbocycles. The highest BCUT2D eigenvalue weighted by Gasteiger charge is 2.35. The molecule has 0 spiro atoms. The van der Waals surface area contributed by atoms with Crippen molar-refractivity contribution < 1.29 is 22.3 Å². The zero-order chi connectivity index (χ0) is 22.8. The van der Waals surface area contributed by atoms with Gasteiger partial charge in [-0.15, -0.1) is 0 Å². The molecule has 0 radical (unpaired) electrons. The molecule has 32 heavy (non-hydrogen) atoms. The lowest BCUT2D eigenvalue weighted by Crippen LogP contribution is -2.36. The second-order valence-corrected chi connectivity index (χ2v) is 7.67. The summed E-state index contributed by atoms with van der Waals surface area (Å²) in [6.07, 6.45) is 3.89. The van der Waals surface area contributed by atoms with Gasteiger partial charge in [0, 0.05) is 17.2 Å². The molecule has 0 unspecified atom stereocenters. The lowest BCUT2D eigenvalue weighted by atomic mass is 10.0. The highest BCUT2D eigenvalue weighted by Crippen LogP contribution is 2.38. The monoisotopic (exact) mass is 440 g/mol. The van der Waals surface area contributed by atoms with E-state index in [9.17, 15) is 17.6 Å². The lowest BCUT2D eigenvalue weighted by molar-refractivity contribution is -0.137. The molecule has 0 amide bonds. The molecule has 1 aliphatic heterocycles. The number of allylic oxidation sites excluding steroid dienone is 2. The number of hydrogen-bond acceptors (Lipinski definition) is 1. The average Bonchev–Trinajstić information content (AvgIpc) is 3.25. The third kappa shape index (κ3) is 4.60. The predicted octanol–water partition coefficient (Wildman–Crippen LogP) is 7.75. The number of hydrogen-bond donors (Lipinski definition) is 0. The van der Waals surface area contributed by atoms with E-state index >= 15 is 0 Å². The van der Waals surface area contributed by atoms with Gasteiger partial charge < -0.3 is 4.74 Å². The zero-order valence-corrected chi connectivity index (χ0v) is 17.4. The third-order valence-corrected chi connectivity index (χ3v) is 5.47. The topological polar surface area (TPSA) is 9.23 Å². The fourth-order valence-electron chi connectivity index (χ4n) is 3.86. The van der Waals surface area contributed by atoms with Crippen LogP contribution in [0.25, 0.3) is 0 Å². The Bertz CT molecular complexity index is 1130. The molecule has 0 N–H and O–H groups in total. The number of rotatable bonds is 6. The van der Waals surface area contributed by atoms with Crippen LogP contribution in [-0.2, 0) is 19.1 Å². The molecule has 3 aromatic rings. The smallest absolute Gasteiger partial charge is 0.416 e. The molecule has 2 nitrogen and oxygen atoms in total. The Morgan fingerprint density at radius 2 is 1.41 bits per heavy atom. The van der Waals surface area contributed by atoms with Crippen LogP contribution in [0.4, 0.5) is 23.2 Å². The molecular weight excluding hydrogens is 418 g/mol. The van der Waals surface area contributed by atoms with Gasteiger partial charge in [0.2, 0.25) is 0 Å². The summed E-state index contributed by atoms with van der Waals surface area (Å²) in [4.78, 5) is 0. The Balaban J connectivity index is 1.59. The van der Waals surface area contributed by atoms with E-state index in [1.165, 1.54) is 18.2 Å². The molecule has 1 aliphatic rings. The first-order valence-electron chi connectivity index (χ1n) is 10.3. The zero-order valence-electron chi connectivity index (χ0n) is 17.4. The van der Waals surface area contributed by atoms with E-state index in [0.717, 1.165) is 17.3 Å². The summed E-state index contributed by atoms with van der Waals surface area (Å²) in [5.74, 6) is 0.816. The van der Waals surface area contributed by atoms with Crippen LogP contribution in [0, 0.1) is 5.82 Å². The molecule has 1 heterocycles. The van der Waals surface area contributed by atoms with Crippen LogP contribution in [0.3, 0.4) is 0 Å². The molecule has 0 saturated heterocycles. The standard InChI is InChI=1S/C26H22F4NO/c1-2-20-17-21(26(28,29)30)7-14-25(20)31(15-3-4-16-31)18-19-5-10-23(11-6-19)32-24-12-8-22(27)9-13-24/h3-17H,2,18H2,1H3/q+1. The molecule has 4 rings (SSSR count). The molecule has 3 aromatic carbocycles. The first-order valence-corrected chi connectivity index (χ1v) is 10.3. The van der Waals surface area contributed by atoms with Crippen molar-refractivity contribution >= 4 is 5.69 Å². The summed E-state index contributed by atoms with van der Waals surface area (Å²) < 4.78 is 58.7. The summed E-state index contributed by atoms with van der Waals surface area (Å²) in [6, 6.07) is 17.2. The number of nitrogens with zero attached hydrogens (tertiary/aromatic N) is 1. The fraction of sp³-hybridized carbons (Fsp3) is 0.154. The first kappa shape index (κ1) is 21.8. The Kier molecular flexibility index (Phi) is 5.89. The van der Waals surface area contributed by atoms with Crippen molar-refractivity contribution in [1.82, 2.24) is 4.48 Å².